The summed E-state index contributed by atoms with van der Waals surface area (Å²) < 4.78 is 31.7. The Morgan fingerprint density at radius 2 is 2.00 bits per heavy atom. The molecular weight excluding hydrogens is 266 g/mol. The Morgan fingerprint density at radius 3 is 2.58 bits per heavy atom. The maximum absolute atomic E-state index is 12.0. The van der Waals surface area contributed by atoms with Gasteiger partial charge in [-0.3, -0.25) is 0 Å². The van der Waals surface area contributed by atoms with E-state index < -0.39 is 16.1 Å². The van der Waals surface area contributed by atoms with E-state index in [1.54, 1.807) is 19.1 Å². The van der Waals surface area contributed by atoms with Crippen molar-refractivity contribution in [2.45, 2.75) is 37.9 Å². The van der Waals surface area contributed by atoms with Gasteiger partial charge in [0.2, 0.25) is 10.0 Å². The van der Waals surface area contributed by atoms with Crippen LogP contribution in [0.4, 0.5) is 0 Å². The molecule has 0 aliphatic rings. The first-order valence-corrected chi connectivity index (χ1v) is 7.70. The lowest BCUT2D eigenvalue weighted by molar-refractivity contribution is 0.0834. The highest BCUT2D eigenvalue weighted by molar-refractivity contribution is 7.89. The first kappa shape index (κ1) is 16.1. The molecule has 19 heavy (non-hydrogen) atoms. The maximum Gasteiger partial charge on any atom is 0.240 e. The Morgan fingerprint density at radius 1 is 1.32 bits per heavy atom. The third-order valence-electron chi connectivity index (χ3n) is 2.50. The molecule has 0 aliphatic carbocycles. The number of hydrogen-bond acceptors (Lipinski definition) is 4. The standard InChI is InChI=1S/C13H21NO4S/c1-10(2)18-8-7-14-19(16,17)13-6-4-5-12(9-13)11(3)15/h4-6,9-11,14-15H,7-8H2,1-3H3. The predicted octanol–water partition coefficient (Wildman–Crippen LogP) is 1.44. The normalized spacial score (nSPS) is 13.7. The van der Waals surface area contributed by atoms with E-state index in [2.05, 4.69) is 4.72 Å². The van der Waals surface area contributed by atoms with Crippen LogP contribution >= 0.6 is 0 Å². The quantitative estimate of drug-likeness (QED) is 0.744. The summed E-state index contributed by atoms with van der Waals surface area (Å²) in [5.74, 6) is 0. The monoisotopic (exact) mass is 287 g/mol. The molecule has 0 aromatic heterocycles. The van der Waals surface area contributed by atoms with Crippen LogP contribution < -0.4 is 4.72 Å². The predicted molar refractivity (Wildman–Crippen MR) is 73.4 cm³/mol. The van der Waals surface area contributed by atoms with Crippen molar-refractivity contribution in [2.24, 2.45) is 0 Å². The van der Waals surface area contributed by atoms with Crippen LogP contribution in [0, 0.1) is 0 Å². The molecule has 2 N–H and O–H groups in total. The van der Waals surface area contributed by atoms with Crippen molar-refractivity contribution in [3.05, 3.63) is 29.8 Å². The minimum Gasteiger partial charge on any atom is -0.389 e. The Labute approximate surface area is 114 Å². The molecule has 1 rings (SSSR count). The number of rotatable bonds is 7. The molecule has 0 fully saturated rings. The third-order valence-corrected chi connectivity index (χ3v) is 3.95. The summed E-state index contributed by atoms with van der Waals surface area (Å²) in [5.41, 5.74) is 0.571. The molecule has 0 spiro atoms. The maximum atomic E-state index is 12.0. The van der Waals surface area contributed by atoms with Gasteiger partial charge in [0.25, 0.3) is 0 Å². The highest BCUT2D eigenvalue weighted by atomic mass is 32.2. The second kappa shape index (κ2) is 7.00. The summed E-state index contributed by atoms with van der Waals surface area (Å²) in [6.07, 6.45) is -0.623. The van der Waals surface area contributed by atoms with Crippen molar-refractivity contribution in [2.75, 3.05) is 13.2 Å². The fourth-order valence-electron chi connectivity index (χ4n) is 1.50. The number of sulfonamides is 1. The van der Waals surface area contributed by atoms with Crippen LogP contribution in [0.2, 0.25) is 0 Å². The Bertz CT molecular complexity index is 497. The van der Waals surface area contributed by atoms with Crippen LogP contribution in [-0.4, -0.2) is 32.8 Å². The molecule has 108 valence electrons. The molecule has 0 heterocycles. The highest BCUT2D eigenvalue weighted by Gasteiger charge is 2.14. The topological polar surface area (TPSA) is 75.6 Å². The van der Waals surface area contributed by atoms with E-state index in [4.69, 9.17) is 4.74 Å². The lowest BCUT2D eigenvalue weighted by Crippen LogP contribution is -2.28. The zero-order chi connectivity index (χ0) is 14.5. The van der Waals surface area contributed by atoms with Crippen molar-refractivity contribution in [3.63, 3.8) is 0 Å². The molecule has 0 radical (unpaired) electrons. The molecular formula is C13H21NO4S. The molecule has 0 saturated carbocycles. The lowest BCUT2D eigenvalue weighted by atomic mass is 10.1. The first-order valence-electron chi connectivity index (χ1n) is 6.22. The van der Waals surface area contributed by atoms with Crippen molar-refractivity contribution in [1.29, 1.82) is 0 Å². The number of aliphatic hydroxyl groups is 1. The molecule has 1 aromatic carbocycles. The molecule has 0 amide bonds. The first-order chi connectivity index (χ1) is 8.83. The van der Waals surface area contributed by atoms with Crippen molar-refractivity contribution in [3.8, 4) is 0 Å². The van der Waals surface area contributed by atoms with E-state index in [9.17, 15) is 13.5 Å². The van der Waals surface area contributed by atoms with Gasteiger partial charge in [-0.25, -0.2) is 13.1 Å². The van der Waals surface area contributed by atoms with Crippen LogP contribution in [0.15, 0.2) is 29.2 Å². The SMILES string of the molecule is CC(C)OCCNS(=O)(=O)c1cccc(C(C)O)c1. The Hall–Kier alpha value is -0.950. The summed E-state index contributed by atoms with van der Waals surface area (Å²) in [6.45, 7) is 5.92. The fraction of sp³-hybridized carbons (Fsp3) is 0.538. The van der Waals surface area contributed by atoms with Gasteiger partial charge in [-0.05, 0) is 38.5 Å². The lowest BCUT2D eigenvalue weighted by Gasteiger charge is -2.11. The Kier molecular flexibility index (Phi) is 5.93. The van der Waals surface area contributed by atoms with Crippen molar-refractivity contribution in [1.82, 2.24) is 4.72 Å². The summed E-state index contributed by atoms with van der Waals surface area (Å²) in [7, 11) is -3.56. The summed E-state index contributed by atoms with van der Waals surface area (Å²) in [5, 5.41) is 9.45. The number of benzene rings is 1. The van der Waals surface area contributed by atoms with Crippen LogP contribution in [0.1, 0.15) is 32.4 Å². The number of ether oxygens (including phenoxy) is 1. The van der Waals surface area contributed by atoms with Crippen LogP contribution in [0.5, 0.6) is 0 Å². The van der Waals surface area contributed by atoms with Gasteiger partial charge >= 0.3 is 0 Å². The van der Waals surface area contributed by atoms with Gasteiger partial charge < -0.3 is 9.84 Å². The Balaban J connectivity index is 2.69. The molecule has 0 saturated heterocycles. The van der Waals surface area contributed by atoms with Gasteiger partial charge in [-0.1, -0.05) is 12.1 Å². The highest BCUT2D eigenvalue weighted by Crippen LogP contribution is 2.16. The van der Waals surface area contributed by atoms with E-state index in [-0.39, 0.29) is 17.5 Å². The fourth-order valence-corrected chi connectivity index (χ4v) is 2.56. The van der Waals surface area contributed by atoms with E-state index in [1.807, 2.05) is 13.8 Å². The van der Waals surface area contributed by atoms with E-state index >= 15 is 0 Å². The van der Waals surface area contributed by atoms with Crippen molar-refractivity contribution < 1.29 is 18.3 Å². The number of nitrogens with one attached hydrogen (secondary N) is 1. The van der Waals surface area contributed by atoms with Crippen LogP contribution in [0.25, 0.3) is 0 Å². The van der Waals surface area contributed by atoms with Gasteiger partial charge in [0.1, 0.15) is 0 Å². The van der Waals surface area contributed by atoms with Gasteiger partial charge in [0.05, 0.1) is 23.7 Å². The van der Waals surface area contributed by atoms with Gasteiger partial charge in [-0.15, -0.1) is 0 Å². The smallest absolute Gasteiger partial charge is 0.240 e. The summed E-state index contributed by atoms with van der Waals surface area (Å²) in [6, 6.07) is 6.26. The van der Waals surface area contributed by atoms with E-state index in [0.717, 1.165) is 0 Å². The zero-order valence-corrected chi connectivity index (χ0v) is 12.3. The minimum absolute atomic E-state index is 0.0723. The van der Waals surface area contributed by atoms with E-state index in [0.29, 0.717) is 12.2 Å². The van der Waals surface area contributed by atoms with E-state index in [1.165, 1.54) is 12.1 Å². The molecule has 1 unspecified atom stereocenters. The second-order valence-electron chi connectivity index (χ2n) is 4.57. The van der Waals surface area contributed by atoms with Gasteiger partial charge in [0, 0.05) is 6.54 Å². The van der Waals surface area contributed by atoms with Gasteiger partial charge in [0.15, 0.2) is 0 Å². The average Bonchev–Trinajstić information content (AvgIpc) is 2.34. The largest absolute Gasteiger partial charge is 0.389 e. The molecule has 1 aromatic rings. The zero-order valence-electron chi connectivity index (χ0n) is 11.5. The number of hydrogen-bond donors (Lipinski definition) is 2. The molecule has 6 heteroatoms. The van der Waals surface area contributed by atoms with Gasteiger partial charge in [-0.2, -0.15) is 0 Å². The summed E-state index contributed by atoms with van der Waals surface area (Å²) >= 11 is 0. The average molecular weight is 287 g/mol. The summed E-state index contributed by atoms with van der Waals surface area (Å²) in [4.78, 5) is 0.149. The molecule has 1 atom stereocenters. The second-order valence-corrected chi connectivity index (χ2v) is 6.33. The van der Waals surface area contributed by atoms with Crippen LogP contribution in [-0.2, 0) is 14.8 Å². The molecule has 0 aliphatic heterocycles. The molecule has 0 bridgehead atoms. The molecule has 5 nitrogen and oxygen atoms in total. The van der Waals surface area contributed by atoms with Crippen molar-refractivity contribution >= 4 is 10.0 Å². The third kappa shape index (κ3) is 5.28. The number of aliphatic hydroxyl groups excluding tert-OH is 1. The van der Waals surface area contributed by atoms with Crippen LogP contribution in [0.3, 0.4) is 0 Å². The minimum atomic E-state index is -3.56.